The molecule has 1 aliphatic carbocycles. The number of hydrogen-bond donors (Lipinski definition) is 1. The Morgan fingerprint density at radius 1 is 1.04 bits per heavy atom. The van der Waals surface area contributed by atoms with E-state index in [1.165, 1.54) is 40.9 Å². The Labute approximate surface area is 161 Å². The lowest BCUT2D eigenvalue weighted by molar-refractivity contribution is 0.449. The van der Waals surface area contributed by atoms with E-state index in [1.807, 2.05) is 0 Å². The summed E-state index contributed by atoms with van der Waals surface area (Å²) >= 11 is 0. The fraction of sp³-hybridized carbons (Fsp3) is 0.348. The molecule has 27 heavy (non-hydrogen) atoms. The van der Waals surface area contributed by atoms with Crippen LogP contribution in [-0.4, -0.2) is 23.9 Å². The standard InChI is InChI=1S/C23H28N4/c1-26(2)20-13-11-18(12-14-20)15-24-22-9-6-10-23-21(22)16-25-27(23)17-19-7-4-3-5-8-19/h3-5,7-8,11-14,16,22,24H,6,9-10,15,17H2,1-2H3/t22-/m1/s1. The maximum absolute atomic E-state index is 4.70. The van der Waals surface area contributed by atoms with Crippen LogP contribution in [0.3, 0.4) is 0 Å². The van der Waals surface area contributed by atoms with Crippen LogP contribution in [0.4, 0.5) is 5.69 Å². The summed E-state index contributed by atoms with van der Waals surface area (Å²) in [6.45, 7) is 1.75. The van der Waals surface area contributed by atoms with E-state index in [0.29, 0.717) is 6.04 Å². The van der Waals surface area contributed by atoms with Gasteiger partial charge in [-0.3, -0.25) is 4.68 Å². The minimum Gasteiger partial charge on any atom is -0.378 e. The van der Waals surface area contributed by atoms with Gasteiger partial charge in [-0.05, 0) is 42.5 Å². The first-order valence-corrected chi connectivity index (χ1v) is 9.79. The molecule has 1 aromatic heterocycles. The minimum absolute atomic E-state index is 0.395. The zero-order chi connectivity index (χ0) is 18.6. The normalized spacial score (nSPS) is 16.1. The van der Waals surface area contributed by atoms with E-state index in [0.717, 1.165) is 19.5 Å². The van der Waals surface area contributed by atoms with Crippen molar-refractivity contribution in [3.8, 4) is 0 Å². The molecule has 0 amide bonds. The Morgan fingerprint density at radius 3 is 2.56 bits per heavy atom. The fourth-order valence-electron chi connectivity index (χ4n) is 3.88. The van der Waals surface area contributed by atoms with Crippen LogP contribution in [-0.2, 0) is 19.5 Å². The molecule has 4 nitrogen and oxygen atoms in total. The lowest BCUT2D eigenvalue weighted by Crippen LogP contribution is -2.25. The van der Waals surface area contributed by atoms with Crippen molar-refractivity contribution in [2.45, 2.75) is 38.4 Å². The molecule has 1 aliphatic rings. The van der Waals surface area contributed by atoms with Gasteiger partial charge in [-0.2, -0.15) is 5.10 Å². The van der Waals surface area contributed by atoms with Crippen LogP contribution in [0.1, 0.15) is 41.3 Å². The molecule has 0 radical (unpaired) electrons. The highest BCUT2D eigenvalue weighted by Gasteiger charge is 2.23. The van der Waals surface area contributed by atoms with Crippen molar-refractivity contribution >= 4 is 5.69 Å². The second-order valence-corrected chi connectivity index (χ2v) is 7.58. The molecule has 0 fully saturated rings. The third-order valence-corrected chi connectivity index (χ3v) is 5.44. The predicted molar refractivity (Wildman–Crippen MR) is 111 cm³/mol. The van der Waals surface area contributed by atoms with E-state index < -0.39 is 0 Å². The first kappa shape index (κ1) is 17.8. The van der Waals surface area contributed by atoms with Gasteiger partial charge in [0, 0.05) is 43.6 Å². The van der Waals surface area contributed by atoms with Gasteiger partial charge in [0.05, 0.1) is 12.7 Å². The monoisotopic (exact) mass is 360 g/mol. The van der Waals surface area contributed by atoms with Gasteiger partial charge in [0.1, 0.15) is 0 Å². The maximum atomic E-state index is 4.70. The molecule has 0 spiro atoms. The van der Waals surface area contributed by atoms with E-state index in [4.69, 9.17) is 5.10 Å². The Kier molecular flexibility index (Phi) is 5.26. The Morgan fingerprint density at radius 2 is 1.81 bits per heavy atom. The van der Waals surface area contributed by atoms with Crippen molar-refractivity contribution in [3.05, 3.63) is 83.2 Å². The van der Waals surface area contributed by atoms with Crippen LogP contribution < -0.4 is 10.2 Å². The highest BCUT2D eigenvalue weighted by Crippen LogP contribution is 2.30. The Hall–Kier alpha value is -2.59. The zero-order valence-corrected chi connectivity index (χ0v) is 16.2. The summed E-state index contributed by atoms with van der Waals surface area (Å²) in [5.74, 6) is 0. The second-order valence-electron chi connectivity index (χ2n) is 7.58. The van der Waals surface area contributed by atoms with Gasteiger partial charge >= 0.3 is 0 Å². The lowest BCUT2D eigenvalue weighted by atomic mass is 9.92. The number of fused-ring (bicyclic) bond motifs is 1. The van der Waals surface area contributed by atoms with Crippen LogP contribution in [0, 0.1) is 0 Å². The van der Waals surface area contributed by atoms with Crippen molar-refractivity contribution in [3.63, 3.8) is 0 Å². The van der Waals surface area contributed by atoms with E-state index in [-0.39, 0.29) is 0 Å². The molecule has 0 saturated carbocycles. The number of rotatable bonds is 6. The van der Waals surface area contributed by atoms with Crippen LogP contribution in [0.25, 0.3) is 0 Å². The van der Waals surface area contributed by atoms with Gasteiger partial charge in [0.25, 0.3) is 0 Å². The summed E-state index contributed by atoms with van der Waals surface area (Å²) in [6.07, 6.45) is 5.59. The first-order valence-electron chi connectivity index (χ1n) is 9.79. The minimum atomic E-state index is 0.395. The third kappa shape index (κ3) is 4.06. The number of nitrogens with zero attached hydrogens (tertiary/aromatic N) is 3. The Bertz CT molecular complexity index is 865. The van der Waals surface area contributed by atoms with Gasteiger partial charge in [0.2, 0.25) is 0 Å². The van der Waals surface area contributed by atoms with E-state index in [9.17, 15) is 0 Å². The van der Waals surface area contributed by atoms with Crippen molar-refractivity contribution in [2.75, 3.05) is 19.0 Å². The summed E-state index contributed by atoms with van der Waals surface area (Å²) in [7, 11) is 4.15. The summed E-state index contributed by atoms with van der Waals surface area (Å²) in [5.41, 5.74) is 6.64. The predicted octanol–water partition coefficient (Wildman–Crippen LogP) is 4.16. The van der Waals surface area contributed by atoms with Gasteiger partial charge in [-0.15, -0.1) is 0 Å². The number of hydrogen-bond acceptors (Lipinski definition) is 3. The second kappa shape index (κ2) is 7.97. The summed E-state index contributed by atoms with van der Waals surface area (Å²) in [5, 5.41) is 8.45. The molecular formula is C23H28N4. The van der Waals surface area contributed by atoms with Crippen molar-refractivity contribution in [1.29, 1.82) is 0 Å². The highest BCUT2D eigenvalue weighted by atomic mass is 15.3. The molecule has 4 rings (SSSR count). The topological polar surface area (TPSA) is 33.1 Å². The van der Waals surface area contributed by atoms with Crippen molar-refractivity contribution < 1.29 is 0 Å². The average molecular weight is 361 g/mol. The largest absolute Gasteiger partial charge is 0.378 e. The van der Waals surface area contributed by atoms with E-state index in [1.54, 1.807) is 0 Å². The quantitative estimate of drug-likeness (QED) is 0.716. The molecule has 0 unspecified atom stereocenters. The average Bonchev–Trinajstić information content (AvgIpc) is 3.11. The zero-order valence-electron chi connectivity index (χ0n) is 16.2. The van der Waals surface area contributed by atoms with E-state index >= 15 is 0 Å². The molecule has 3 aromatic rings. The molecular weight excluding hydrogens is 332 g/mol. The van der Waals surface area contributed by atoms with Crippen LogP contribution in [0.2, 0.25) is 0 Å². The van der Waals surface area contributed by atoms with E-state index in [2.05, 4.69) is 89.8 Å². The molecule has 140 valence electrons. The summed E-state index contributed by atoms with van der Waals surface area (Å²) in [4.78, 5) is 2.13. The molecule has 1 heterocycles. The molecule has 1 atom stereocenters. The first-order chi connectivity index (χ1) is 13.2. The molecule has 0 bridgehead atoms. The summed E-state index contributed by atoms with van der Waals surface area (Å²) < 4.78 is 2.18. The van der Waals surface area contributed by atoms with Crippen molar-refractivity contribution in [1.82, 2.24) is 15.1 Å². The van der Waals surface area contributed by atoms with Crippen LogP contribution >= 0.6 is 0 Å². The lowest BCUT2D eigenvalue weighted by Gasteiger charge is -2.24. The number of aromatic nitrogens is 2. The van der Waals surface area contributed by atoms with Crippen LogP contribution in [0.15, 0.2) is 60.8 Å². The van der Waals surface area contributed by atoms with Crippen LogP contribution in [0.5, 0.6) is 0 Å². The molecule has 2 aromatic carbocycles. The van der Waals surface area contributed by atoms with Crippen molar-refractivity contribution in [2.24, 2.45) is 0 Å². The number of anilines is 1. The summed E-state index contributed by atoms with van der Waals surface area (Å²) in [6, 6.07) is 19.8. The van der Waals surface area contributed by atoms with Gasteiger partial charge in [-0.25, -0.2) is 0 Å². The third-order valence-electron chi connectivity index (χ3n) is 5.44. The number of benzene rings is 2. The molecule has 0 saturated heterocycles. The SMILES string of the molecule is CN(C)c1ccc(CN[C@@H]2CCCc3c2cnn3Cc2ccccc2)cc1. The number of nitrogens with one attached hydrogen (secondary N) is 1. The Balaban J connectivity index is 1.44. The molecule has 4 heteroatoms. The van der Waals surface area contributed by atoms with Gasteiger partial charge < -0.3 is 10.2 Å². The smallest absolute Gasteiger partial charge is 0.0662 e. The van der Waals surface area contributed by atoms with Gasteiger partial charge in [-0.1, -0.05) is 42.5 Å². The molecule has 1 N–H and O–H groups in total. The molecule has 0 aliphatic heterocycles. The maximum Gasteiger partial charge on any atom is 0.0662 e. The fourth-order valence-corrected chi connectivity index (χ4v) is 3.88. The highest BCUT2D eigenvalue weighted by molar-refractivity contribution is 5.46. The van der Waals surface area contributed by atoms with Gasteiger partial charge in [0.15, 0.2) is 0 Å².